The first-order chi connectivity index (χ1) is 9.92. The van der Waals surface area contributed by atoms with E-state index >= 15 is 0 Å². The van der Waals surface area contributed by atoms with Crippen molar-refractivity contribution in [2.75, 3.05) is 0 Å². The van der Waals surface area contributed by atoms with Crippen LogP contribution in [0, 0.1) is 0 Å². The van der Waals surface area contributed by atoms with Gasteiger partial charge in [-0.25, -0.2) is 0 Å². The molecule has 0 saturated carbocycles. The van der Waals surface area contributed by atoms with Crippen molar-refractivity contribution >= 4 is 21.5 Å². The largest absolute Gasteiger partial charge is 0.0616 e. The van der Waals surface area contributed by atoms with E-state index in [9.17, 15) is 0 Å². The standard InChI is InChI=1S/C20H12/c1-2-7-15-12-19-18(11-14(15)6-1)17-10-9-13-5-3-4-8-16(13)20(17)19/h1-12H. The zero-order chi connectivity index (χ0) is 13.1. The van der Waals surface area contributed by atoms with Gasteiger partial charge in [0.05, 0.1) is 0 Å². The summed E-state index contributed by atoms with van der Waals surface area (Å²) in [6.07, 6.45) is 0. The predicted octanol–water partition coefficient (Wildman–Crippen LogP) is 5.64. The number of hydrogen-bond donors (Lipinski definition) is 0. The molecule has 1 aliphatic carbocycles. The van der Waals surface area contributed by atoms with E-state index in [0.29, 0.717) is 0 Å². The van der Waals surface area contributed by atoms with Gasteiger partial charge in [0.2, 0.25) is 0 Å². The van der Waals surface area contributed by atoms with Gasteiger partial charge in [-0.3, -0.25) is 0 Å². The Balaban J connectivity index is 1.90. The molecular formula is C20H12. The second kappa shape index (κ2) is 3.49. The first kappa shape index (κ1) is 10.2. The highest BCUT2D eigenvalue weighted by Gasteiger charge is 2.24. The third-order valence-electron chi connectivity index (χ3n) is 4.37. The number of hydrogen-bond acceptors (Lipinski definition) is 0. The van der Waals surface area contributed by atoms with Gasteiger partial charge in [0.25, 0.3) is 0 Å². The summed E-state index contributed by atoms with van der Waals surface area (Å²) in [7, 11) is 0. The first-order valence-corrected chi connectivity index (χ1v) is 6.97. The molecule has 0 heteroatoms. The molecule has 0 bridgehead atoms. The monoisotopic (exact) mass is 252 g/mol. The average Bonchev–Trinajstić information content (AvgIpc) is 2.51. The van der Waals surface area contributed by atoms with Gasteiger partial charge in [0.1, 0.15) is 0 Å². The summed E-state index contributed by atoms with van der Waals surface area (Å²) < 4.78 is 0. The van der Waals surface area contributed by atoms with Crippen molar-refractivity contribution in [3.8, 4) is 22.3 Å². The maximum atomic E-state index is 2.33. The minimum absolute atomic E-state index is 1.32. The molecule has 20 heavy (non-hydrogen) atoms. The molecule has 0 aromatic heterocycles. The van der Waals surface area contributed by atoms with Gasteiger partial charge >= 0.3 is 0 Å². The summed E-state index contributed by atoms with van der Waals surface area (Å²) in [5.41, 5.74) is 5.60. The zero-order valence-electron chi connectivity index (χ0n) is 10.9. The van der Waals surface area contributed by atoms with Gasteiger partial charge < -0.3 is 0 Å². The molecular weight excluding hydrogens is 240 g/mol. The van der Waals surface area contributed by atoms with Crippen LogP contribution < -0.4 is 0 Å². The summed E-state index contributed by atoms with van der Waals surface area (Å²) in [4.78, 5) is 0. The third kappa shape index (κ3) is 1.16. The highest BCUT2D eigenvalue weighted by molar-refractivity contribution is 6.17. The van der Waals surface area contributed by atoms with Gasteiger partial charge in [0, 0.05) is 0 Å². The van der Waals surface area contributed by atoms with Crippen molar-refractivity contribution in [3.05, 3.63) is 72.8 Å². The van der Waals surface area contributed by atoms with E-state index < -0.39 is 0 Å². The molecule has 1 aliphatic rings. The number of fused-ring (bicyclic) bond motifs is 7. The molecule has 0 heterocycles. The molecule has 5 rings (SSSR count). The molecule has 0 unspecified atom stereocenters. The Morgan fingerprint density at radius 1 is 0.450 bits per heavy atom. The minimum atomic E-state index is 1.32. The number of rotatable bonds is 0. The molecule has 0 aliphatic heterocycles. The van der Waals surface area contributed by atoms with E-state index in [2.05, 4.69) is 72.8 Å². The van der Waals surface area contributed by atoms with Gasteiger partial charge in [-0.2, -0.15) is 0 Å². The van der Waals surface area contributed by atoms with Crippen LogP contribution in [0.4, 0.5) is 0 Å². The summed E-state index contributed by atoms with van der Waals surface area (Å²) in [5, 5.41) is 5.34. The zero-order valence-corrected chi connectivity index (χ0v) is 10.9. The second-order valence-electron chi connectivity index (χ2n) is 5.45. The molecule has 0 amide bonds. The average molecular weight is 252 g/mol. The Kier molecular flexibility index (Phi) is 1.78. The molecule has 0 radical (unpaired) electrons. The van der Waals surface area contributed by atoms with Crippen LogP contribution in [0.25, 0.3) is 43.8 Å². The maximum Gasteiger partial charge on any atom is -0.00201 e. The Labute approximate surface area is 117 Å². The van der Waals surface area contributed by atoms with Crippen molar-refractivity contribution in [3.63, 3.8) is 0 Å². The van der Waals surface area contributed by atoms with Gasteiger partial charge in [0.15, 0.2) is 0 Å². The van der Waals surface area contributed by atoms with Crippen LogP contribution in [-0.4, -0.2) is 0 Å². The van der Waals surface area contributed by atoms with E-state index in [1.165, 1.54) is 43.8 Å². The topological polar surface area (TPSA) is 0 Å². The molecule has 0 N–H and O–H groups in total. The summed E-state index contributed by atoms with van der Waals surface area (Å²) in [6.45, 7) is 0. The Hall–Kier alpha value is -2.60. The van der Waals surface area contributed by atoms with E-state index in [1.54, 1.807) is 0 Å². The summed E-state index contributed by atoms with van der Waals surface area (Å²) >= 11 is 0. The van der Waals surface area contributed by atoms with Crippen LogP contribution in [-0.2, 0) is 0 Å². The third-order valence-corrected chi connectivity index (χ3v) is 4.37. The normalized spacial score (nSPS) is 12.0. The van der Waals surface area contributed by atoms with Crippen LogP contribution in [0.3, 0.4) is 0 Å². The molecule has 4 aromatic carbocycles. The maximum absolute atomic E-state index is 2.33. The molecule has 0 spiro atoms. The molecule has 0 atom stereocenters. The summed E-state index contributed by atoms with van der Waals surface area (Å²) in [6, 6.07) is 26.4. The quantitative estimate of drug-likeness (QED) is 0.334. The Bertz CT molecular complexity index is 987. The molecule has 92 valence electrons. The predicted molar refractivity (Wildman–Crippen MR) is 85.9 cm³/mol. The fourth-order valence-corrected chi connectivity index (χ4v) is 3.39. The van der Waals surface area contributed by atoms with E-state index in [1.807, 2.05) is 0 Å². The minimum Gasteiger partial charge on any atom is -0.0616 e. The fourth-order valence-electron chi connectivity index (χ4n) is 3.39. The lowest BCUT2D eigenvalue weighted by molar-refractivity contribution is 1.58. The van der Waals surface area contributed by atoms with Crippen LogP contribution in [0.2, 0.25) is 0 Å². The van der Waals surface area contributed by atoms with E-state index in [4.69, 9.17) is 0 Å². The van der Waals surface area contributed by atoms with Crippen molar-refractivity contribution in [1.29, 1.82) is 0 Å². The smallest absolute Gasteiger partial charge is 0.00201 e. The van der Waals surface area contributed by atoms with Crippen LogP contribution >= 0.6 is 0 Å². The van der Waals surface area contributed by atoms with Crippen molar-refractivity contribution in [2.45, 2.75) is 0 Å². The highest BCUT2D eigenvalue weighted by atomic mass is 14.3. The lowest BCUT2D eigenvalue weighted by atomic mass is 9.77. The SMILES string of the molecule is c1ccc2cc3c(cc2c1)-c1ccc2ccccc2c1-3. The van der Waals surface area contributed by atoms with Crippen molar-refractivity contribution in [2.24, 2.45) is 0 Å². The van der Waals surface area contributed by atoms with Crippen molar-refractivity contribution in [1.82, 2.24) is 0 Å². The van der Waals surface area contributed by atoms with Gasteiger partial charge in [-0.1, -0.05) is 60.7 Å². The first-order valence-electron chi connectivity index (χ1n) is 6.97. The van der Waals surface area contributed by atoms with E-state index in [-0.39, 0.29) is 0 Å². The highest BCUT2D eigenvalue weighted by Crippen LogP contribution is 2.51. The molecule has 4 aromatic rings. The van der Waals surface area contributed by atoms with Crippen LogP contribution in [0.5, 0.6) is 0 Å². The van der Waals surface area contributed by atoms with Gasteiger partial charge in [-0.15, -0.1) is 0 Å². The van der Waals surface area contributed by atoms with Crippen LogP contribution in [0.15, 0.2) is 72.8 Å². The van der Waals surface area contributed by atoms with Gasteiger partial charge in [-0.05, 0) is 55.9 Å². The lowest BCUT2D eigenvalue weighted by Crippen LogP contribution is -1.99. The Morgan fingerprint density at radius 2 is 1.10 bits per heavy atom. The van der Waals surface area contributed by atoms with E-state index in [0.717, 1.165) is 0 Å². The van der Waals surface area contributed by atoms with Crippen LogP contribution in [0.1, 0.15) is 0 Å². The second-order valence-corrected chi connectivity index (χ2v) is 5.45. The fraction of sp³-hybridized carbons (Fsp3) is 0. The van der Waals surface area contributed by atoms with Crippen molar-refractivity contribution < 1.29 is 0 Å². The lowest BCUT2D eigenvalue weighted by Gasteiger charge is -2.26. The molecule has 0 fully saturated rings. The number of benzene rings is 4. The molecule has 0 nitrogen and oxygen atoms in total. The Morgan fingerprint density at radius 3 is 1.90 bits per heavy atom. The molecule has 0 saturated heterocycles. The summed E-state index contributed by atoms with van der Waals surface area (Å²) in [5.74, 6) is 0.